The summed E-state index contributed by atoms with van der Waals surface area (Å²) >= 11 is 0. The lowest BCUT2D eigenvalue weighted by Crippen LogP contribution is -2.36. The average Bonchev–Trinajstić information content (AvgIpc) is 2.65. The third kappa shape index (κ3) is 3.48. The number of carbonyl (C=O) groups excluding carboxylic acids is 1. The summed E-state index contributed by atoms with van der Waals surface area (Å²) in [5.41, 5.74) is 0.726. The van der Waals surface area contributed by atoms with E-state index in [1.165, 1.54) is 12.1 Å². The van der Waals surface area contributed by atoms with E-state index in [2.05, 4.69) is 10.6 Å². The molecule has 1 aromatic carbocycles. The molecule has 1 saturated heterocycles. The first-order valence-corrected chi connectivity index (χ1v) is 7.03. The van der Waals surface area contributed by atoms with Crippen LogP contribution in [0.5, 0.6) is 5.75 Å². The molecule has 0 aromatic heterocycles. The number of hydrogen-bond donors (Lipinski definition) is 2. The minimum Gasteiger partial charge on any atom is -0.480 e. The van der Waals surface area contributed by atoms with Gasteiger partial charge >= 0.3 is 0 Å². The molecule has 1 fully saturated rings. The highest BCUT2D eigenvalue weighted by atomic mass is 19.1. The van der Waals surface area contributed by atoms with Gasteiger partial charge < -0.3 is 15.4 Å². The van der Waals surface area contributed by atoms with Gasteiger partial charge in [-0.15, -0.1) is 0 Å². The fraction of sp³-hybridized carbons (Fsp3) is 0.533. The molecule has 2 atom stereocenters. The van der Waals surface area contributed by atoms with E-state index in [-0.39, 0.29) is 17.8 Å². The molecule has 110 valence electrons. The quantitative estimate of drug-likeness (QED) is 0.888. The molecule has 1 amide bonds. The van der Waals surface area contributed by atoms with E-state index < -0.39 is 6.10 Å². The van der Waals surface area contributed by atoms with Crippen LogP contribution in [0.2, 0.25) is 0 Å². The molecule has 1 aliphatic rings. The average molecular weight is 280 g/mol. The predicted molar refractivity (Wildman–Crippen MR) is 75.2 cm³/mol. The Balaban J connectivity index is 2.21. The van der Waals surface area contributed by atoms with Crippen molar-refractivity contribution in [1.29, 1.82) is 0 Å². The molecular formula is C15H21FN2O2. The standard InChI is InChI=1S/C15H21FN2O2/c1-10(17-2)12-9-11(16)6-7-13(12)20-14-5-3-4-8-18-15(14)19/h6-7,9-10,14,17H,3-5,8H2,1-2H3,(H,18,19). The van der Waals surface area contributed by atoms with Gasteiger partial charge in [0.05, 0.1) is 0 Å². The molecule has 5 heteroatoms. The van der Waals surface area contributed by atoms with Gasteiger partial charge in [0.2, 0.25) is 0 Å². The Morgan fingerprint density at radius 3 is 3.00 bits per heavy atom. The summed E-state index contributed by atoms with van der Waals surface area (Å²) in [7, 11) is 1.80. The fourth-order valence-electron chi connectivity index (χ4n) is 2.30. The van der Waals surface area contributed by atoms with Crippen molar-refractivity contribution < 1.29 is 13.9 Å². The molecule has 2 N–H and O–H groups in total. The maximum atomic E-state index is 13.4. The second kappa shape index (κ2) is 6.70. The summed E-state index contributed by atoms with van der Waals surface area (Å²) in [6.07, 6.45) is 2.11. The minimum absolute atomic E-state index is 0.0467. The molecule has 2 unspecified atom stereocenters. The molecule has 2 rings (SSSR count). The number of halogens is 1. The third-order valence-electron chi connectivity index (χ3n) is 3.63. The van der Waals surface area contributed by atoms with Gasteiger partial charge in [0.25, 0.3) is 5.91 Å². The maximum absolute atomic E-state index is 13.4. The van der Waals surface area contributed by atoms with E-state index in [0.717, 1.165) is 18.4 Å². The van der Waals surface area contributed by atoms with E-state index in [0.29, 0.717) is 18.7 Å². The molecule has 1 aliphatic heterocycles. The Hall–Kier alpha value is -1.62. The molecule has 20 heavy (non-hydrogen) atoms. The monoisotopic (exact) mass is 280 g/mol. The highest BCUT2D eigenvalue weighted by Gasteiger charge is 2.24. The van der Waals surface area contributed by atoms with Crippen LogP contribution < -0.4 is 15.4 Å². The van der Waals surface area contributed by atoms with Gasteiger partial charge in [-0.2, -0.15) is 0 Å². The zero-order valence-electron chi connectivity index (χ0n) is 11.9. The van der Waals surface area contributed by atoms with E-state index in [4.69, 9.17) is 4.74 Å². The van der Waals surface area contributed by atoms with E-state index in [1.54, 1.807) is 13.1 Å². The highest BCUT2D eigenvalue weighted by Crippen LogP contribution is 2.28. The Labute approximate surface area is 118 Å². The van der Waals surface area contributed by atoms with E-state index >= 15 is 0 Å². The molecule has 0 aliphatic carbocycles. The van der Waals surface area contributed by atoms with Crippen molar-refractivity contribution in [3.8, 4) is 5.75 Å². The van der Waals surface area contributed by atoms with E-state index in [1.807, 2.05) is 6.92 Å². The molecule has 0 bridgehead atoms. The zero-order chi connectivity index (χ0) is 14.5. The van der Waals surface area contributed by atoms with Crippen LogP contribution in [0.4, 0.5) is 4.39 Å². The molecule has 1 heterocycles. The summed E-state index contributed by atoms with van der Waals surface area (Å²) in [5, 5.41) is 5.90. The molecule has 0 spiro atoms. The minimum atomic E-state index is -0.495. The third-order valence-corrected chi connectivity index (χ3v) is 3.63. The second-order valence-corrected chi connectivity index (χ2v) is 5.09. The predicted octanol–water partition coefficient (Wildman–Crippen LogP) is 2.15. The highest BCUT2D eigenvalue weighted by molar-refractivity contribution is 5.81. The van der Waals surface area contributed by atoms with Crippen LogP contribution in [0.1, 0.15) is 37.8 Å². The number of carbonyl (C=O) groups is 1. The van der Waals surface area contributed by atoms with Gasteiger partial charge in [0, 0.05) is 18.2 Å². The summed E-state index contributed by atoms with van der Waals surface area (Å²) < 4.78 is 19.2. The van der Waals surface area contributed by atoms with Crippen LogP contribution >= 0.6 is 0 Å². The molecule has 0 saturated carbocycles. The number of nitrogens with one attached hydrogen (secondary N) is 2. The van der Waals surface area contributed by atoms with Crippen LogP contribution in [-0.4, -0.2) is 25.6 Å². The Morgan fingerprint density at radius 2 is 2.25 bits per heavy atom. The van der Waals surface area contributed by atoms with Crippen LogP contribution in [0.3, 0.4) is 0 Å². The maximum Gasteiger partial charge on any atom is 0.261 e. The van der Waals surface area contributed by atoms with E-state index in [9.17, 15) is 9.18 Å². The van der Waals surface area contributed by atoms with Gasteiger partial charge in [0.15, 0.2) is 6.10 Å². The van der Waals surface area contributed by atoms with Crippen molar-refractivity contribution in [2.24, 2.45) is 0 Å². The topological polar surface area (TPSA) is 50.4 Å². The second-order valence-electron chi connectivity index (χ2n) is 5.09. The molecule has 4 nitrogen and oxygen atoms in total. The smallest absolute Gasteiger partial charge is 0.261 e. The van der Waals surface area contributed by atoms with Gasteiger partial charge in [-0.25, -0.2) is 4.39 Å². The first-order valence-electron chi connectivity index (χ1n) is 7.03. The van der Waals surface area contributed by atoms with Crippen LogP contribution in [-0.2, 0) is 4.79 Å². The number of benzene rings is 1. The lowest BCUT2D eigenvalue weighted by molar-refractivity contribution is -0.127. The summed E-state index contributed by atoms with van der Waals surface area (Å²) in [6.45, 7) is 2.62. The summed E-state index contributed by atoms with van der Waals surface area (Å²) in [5.74, 6) is 0.171. The largest absolute Gasteiger partial charge is 0.480 e. The Kier molecular flexibility index (Phi) is 4.95. The lowest BCUT2D eigenvalue weighted by atomic mass is 10.1. The Bertz CT molecular complexity index is 479. The van der Waals surface area contributed by atoms with Gasteiger partial charge in [-0.3, -0.25) is 4.79 Å². The van der Waals surface area contributed by atoms with Crippen molar-refractivity contribution in [3.05, 3.63) is 29.6 Å². The van der Waals surface area contributed by atoms with Crippen LogP contribution in [0, 0.1) is 5.82 Å². The Morgan fingerprint density at radius 1 is 1.45 bits per heavy atom. The van der Waals surface area contributed by atoms with Gasteiger partial charge in [0.1, 0.15) is 11.6 Å². The van der Waals surface area contributed by atoms with Crippen molar-refractivity contribution in [1.82, 2.24) is 10.6 Å². The first-order chi connectivity index (χ1) is 9.61. The van der Waals surface area contributed by atoms with Crippen molar-refractivity contribution >= 4 is 5.91 Å². The van der Waals surface area contributed by atoms with Gasteiger partial charge in [-0.1, -0.05) is 0 Å². The molecule has 0 radical (unpaired) electrons. The number of ether oxygens (including phenoxy) is 1. The first kappa shape index (κ1) is 14.8. The molecular weight excluding hydrogens is 259 g/mol. The SMILES string of the molecule is CNC(C)c1cc(F)ccc1OC1CCCCNC1=O. The number of amides is 1. The fourth-order valence-corrected chi connectivity index (χ4v) is 2.30. The van der Waals surface area contributed by atoms with Crippen molar-refractivity contribution in [3.63, 3.8) is 0 Å². The number of rotatable bonds is 4. The normalized spacial score (nSPS) is 20.9. The van der Waals surface area contributed by atoms with Crippen molar-refractivity contribution in [2.75, 3.05) is 13.6 Å². The lowest BCUT2D eigenvalue weighted by Gasteiger charge is -2.21. The van der Waals surface area contributed by atoms with Crippen LogP contribution in [0.15, 0.2) is 18.2 Å². The van der Waals surface area contributed by atoms with Crippen molar-refractivity contribution in [2.45, 2.75) is 38.3 Å². The van der Waals surface area contributed by atoms with Crippen LogP contribution in [0.25, 0.3) is 0 Å². The zero-order valence-corrected chi connectivity index (χ0v) is 11.9. The summed E-state index contributed by atoms with van der Waals surface area (Å²) in [4.78, 5) is 11.9. The van der Waals surface area contributed by atoms with Gasteiger partial charge in [-0.05, 0) is 51.4 Å². The molecule has 1 aromatic rings. The number of hydrogen-bond acceptors (Lipinski definition) is 3. The summed E-state index contributed by atoms with van der Waals surface area (Å²) in [6, 6.07) is 4.35.